The highest BCUT2D eigenvalue weighted by Crippen LogP contribution is 2.27. The van der Waals surface area contributed by atoms with Gasteiger partial charge in [-0.1, -0.05) is 43.0 Å². The number of hydrogen-bond donors (Lipinski definition) is 2. The highest BCUT2D eigenvalue weighted by atomic mass is 35.5. The van der Waals surface area contributed by atoms with E-state index in [9.17, 15) is 4.79 Å². The van der Waals surface area contributed by atoms with Gasteiger partial charge in [-0.05, 0) is 61.5 Å². The Balaban J connectivity index is 1.24. The van der Waals surface area contributed by atoms with Gasteiger partial charge in [0, 0.05) is 49.8 Å². The van der Waals surface area contributed by atoms with Crippen molar-refractivity contribution in [2.24, 2.45) is 0 Å². The van der Waals surface area contributed by atoms with Crippen molar-refractivity contribution in [3.8, 4) is 0 Å². The molecule has 2 aromatic carbocycles. The van der Waals surface area contributed by atoms with Crippen molar-refractivity contribution in [2.45, 2.75) is 44.7 Å². The maximum atomic E-state index is 13.5. The molecule has 0 unspecified atom stereocenters. The molecule has 1 aliphatic heterocycles. The van der Waals surface area contributed by atoms with Gasteiger partial charge in [-0.25, -0.2) is 4.98 Å². The molecule has 5 rings (SSSR count). The zero-order valence-electron chi connectivity index (χ0n) is 20.9. The second kappa shape index (κ2) is 12.0. The van der Waals surface area contributed by atoms with Gasteiger partial charge in [0.05, 0.1) is 29.2 Å². The first kappa shape index (κ1) is 25.5. The van der Waals surface area contributed by atoms with Gasteiger partial charge in [-0.15, -0.1) is 0 Å². The quantitative estimate of drug-likeness (QED) is 0.420. The van der Waals surface area contributed by atoms with Gasteiger partial charge in [0.15, 0.2) is 5.11 Å². The number of imidazole rings is 1. The number of carbonyl (C=O) groups excluding carboxylic acids is 1. The number of nitrogens with one attached hydrogen (secondary N) is 2. The molecule has 1 saturated heterocycles. The molecule has 9 heteroatoms. The summed E-state index contributed by atoms with van der Waals surface area (Å²) in [6, 6.07) is 15.9. The smallest absolute Gasteiger partial charge is 0.260 e. The summed E-state index contributed by atoms with van der Waals surface area (Å²) < 4.78 is 0. The maximum Gasteiger partial charge on any atom is 0.260 e. The number of benzene rings is 2. The third-order valence-electron chi connectivity index (χ3n) is 7.26. The summed E-state index contributed by atoms with van der Waals surface area (Å²) in [6.45, 7) is 3.98. The first-order chi connectivity index (χ1) is 18.1. The van der Waals surface area contributed by atoms with E-state index < -0.39 is 0 Å². The van der Waals surface area contributed by atoms with Gasteiger partial charge in [0.1, 0.15) is 0 Å². The zero-order chi connectivity index (χ0) is 25.6. The fourth-order valence-corrected chi connectivity index (χ4v) is 5.69. The molecule has 1 aromatic heterocycles. The fourth-order valence-electron chi connectivity index (χ4n) is 5.13. The molecule has 1 aliphatic carbocycles. The standard InChI is InChI=1S/C28H33ClN6OS/c29-26-9-5-4-8-25(26)27(36)35(19-22-18-30-20-31-22)24-12-10-23(11-13-24)33-14-16-34(17-15-33)28(37)32-21-6-2-1-3-7-21/h4-5,8-13,18,20-21H,1-3,6-7,14-17,19H2,(H,30,31)(H,32,37). The van der Waals surface area contributed by atoms with E-state index in [1.807, 2.05) is 24.3 Å². The van der Waals surface area contributed by atoms with Crippen LogP contribution in [-0.2, 0) is 6.54 Å². The van der Waals surface area contributed by atoms with Crippen LogP contribution in [0.2, 0.25) is 5.02 Å². The van der Waals surface area contributed by atoms with Crippen LogP contribution < -0.4 is 15.1 Å². The van der Waals surface area contributed by atoms with Crippen molar-refractivity contribution in [1.82, 2.24) is 20.2 Å². The molecule has 0 spiro atoms. The van der Waals surface area contributed by atoms with E-state index in [0.29, 0.717) is 23.2 Å². The predicted octanol–water partition coefficient (Wildman–Crippen LogP) is 5.24. The van der Waals surface area contributed by atoms with Gasteiger partial charge in [0.2, 0.25) is 0 Å². The molecule has 37 heavy (non-hydrogen) atoms. The molecule has 1 amide bonds. The van der Waals surface area contributed by atoms with Crippen LogP contribution in [0, 0.1) is 0 Å². The number of halogens is 1. The number of hydrogen-bond acceptors (Lipinski definition) is 4. The van der Waals surface area contributed by atoms with Crippen LogP contribution in [0.1, 0.15) is 48.2 Å². The lowest BCUT2D eigenvalue weighted by molar-refractivity contribution is 0.0985. The summed E-state index contributed by atoms with van der Waals surface area (Å²) in [5.41, 5.74) is 3.26. The van der Waals surface area contributed by atoms with Crippen molar-refractivity contribution in [1.29, 1.82) is 0 Å². The number of piperazine rings is 1. The Hall–Kier alpha value is -3.10. The van der Waals surface area contributed by atoms with E-state index in [2.05, 4.69) is 37.2 Å². The summed E-state index contributed by atoms with van der Waals surface area (Å²) in [5.74, 6) is -0.152. The van der Waals surface area contributed by atoms with Gasteiger partial charge in [-0.3, -0.25) is 4.79 Å². The molecule has 2 heterocycles. The molecule has 0 bridgehead atoms. The number of carbonyl (C=O) groups is 1. The molecule has 7 nitrogen and oxygen atoms in total. The number of aromatic amines is 1. The van der Waals surface area contributed by atoms with Crippen LogP contribution in [0.3, 0.4) is 0 Å². The second-order valence-corrected chi connectivity index (χ2v) is 10.5. The summed E-state index contributed by atoms with van der Waals surface area (Å²) in [5, 5.41) is 4.93. The van der Waals surface area contributed by atoms with Crippen LogP contribution in [0.4, 0.5) is 11.4 Å². The van der Waals surface area contributed by atoms with Crippen molar-refractivity contribution in [3.63, 3.8) is 0 Å². The number of amides is 1. The molecule has 2 N–H and O–H groups in total. The Morgan fingerprint density at radius 3 is 2.46 bits per heavy atom. The molecule has 2 fully saturated rings. The van der Waals surface area contributed by atoms with Crippen LogP contribution in [0.15, 0.2) is 61.1 Å². The van der Waals surface area contributed by atoms with Crippen LogP contribution in [0.5, 0.6) is 0 Å². The Bertz CT molecular complexity index is 1190. The third kappa shape index (κ3) is 6.25. The predicted molar refractivity (Wildman–Crippen MR) is 153 cm³/mol. The van der Waals surface area contributed by atoms with Crippen LogP contribution in [-0.4, -0.2) is 58.1 Å². The van der Waals surface area contributed by atoms with Crippen molar-refractivity contribution in [2.75, 3.05) is 36.0 Å². The number of aromatic nitrogens is 2. The summed E-state index contributed by atoms with van der Waals surface area (Å²) in [4.78, 5) is 27.1. The summed E-state index contributed by atoms with van der Waals surface area (Å²) in [6.07, 6.45) is 9.74. The minimum atomic E-state index is -0.152. The maximum absolute atomic E-state index is 13.5. The number of thiocarbonyl (C=S) groups is 1. The minimum absolute atomic E-state index is 0.152. The lowest BCUT2D eigenvalue weighted by Gasteiger charge is -2.38. The zero-order valence-corrected chi connectivity index (χ0v) is 22.5. The van der Waals surface area contributed by atoms with Crippen LogP contribution in [0.25, 0.3) is 0 Å². The van der Waals surface area contributed by atoms with E-state index in [4.69, 9.17) is 23.8 Å². The van der Waals surface area contributed by atoms with E-state index in [1.165, 1.54) is 32.1 Å². The second-order valence-electron chi connectivity index (χ2n) is 9.72. The minimum Gasteiger partial charge on any atom is -0.368 e. The summed E-state index contributed by atoms with van der Waals surface area (Å²) >= 11 is 12.1. The fraction of sp³-hybridized carbons (Fsp3) is 0.393. The monoisotopic (exact) mass is 536 g/mol. The molecule has 3 aromatic rings. The average Bonchev–Trinajstić information content (AvgIpc) is 3.46. The first-order valence-electron chi connectivity index (χ1n) is 13.0. The topological polar surface area (TPSA) is 67.5 Å². The summed E-state index contributed by atoms with van der Waals surface area (Å²) in [7, 11) is 0. The normalized spacial score (nSPS) is 16.5. The Morgan fingerprint density at radius 2 is 1.78 bits per heavy atom. The molecule has 0 atom stereocenters. The molecule has 194 valence electrons. The average molecular weight is 537 g/mol. The molecular formula is C28H33ClN6OS. The number of anilines is 2. The molecular weight excluding hydrogens is 504 g/mol. The Labute approximate surface area is 228 Å². The largest absolute Gasteiger partial charge is 0.368 e. The molecule has 1 saturated carbocycles. The van der Waals surface area contributed by atoms with Crippen molar-refractivity contribution in [3.05, 3.63) is 77.3 Å². The van der Waals surface area contributed by atoms with E-state index in [0.717, 1.165) is 48.4 Å². The SMILES string of the molecule is O=C(c1ccccc1Cl)N(Cc1cnc[nH]1)c1ccc(N2CCN(C(=S)NC3CCCCC3)CC2)cc1. The van der Waals surface area contributed by atoms with Gasteiger partial charge in [0.25, 0.3) is 5.91 Å². The van der Waals surface area contributed by atoms with E-state index in [-0.39, 0.29) is 5.91 Å². The third-order valence-corrected chi connectivity index (χ3v) is 7.96. The Morgan fingerprint density at radius 1 is 1.05 bits per heavy atom. The molecule has 2 aliphatic rings. The highest BCUT2D eigenvalue weighted by Gasteiger charge is 2.24. The number of rotatable bonds is 6. The van der Waals surface area contributed by atoms with E-state index >= 15 is 0 Å². The van der Waals surface area contributed by atoms with Crippen molar-refractivity contribution < 1.29 is 4.79 Å². The molecule has 0 radical (unpaired) electrons. The van der Waals surface area contributed by atoms with Crippen molar-refractivity contribution >= 4 is 46.2 Å². The highest BCUT2D eigenvalue weighted by molar-refractivity contribution is 7.80. The van der Waals surface area contributed by atoms with Gasteiger partial charge >= 0.3 is 0 Å². The van der Waals surface area contributed by atoms with Crippen LogP contribution >= 0.6 is 23.8 Å². The number of nitrogens with zero attached hydrogens (tertiary/aromatic N) is 4. The van der Waals surface area contributed by atoms with Gasteiger partial charge in [-0.2, -0.15) is 0 Å². The lowest BCUT2D eigenvalue weighted by Crippen LogP contribution is -2.53. The van der Waals surface area contributed by atoms with Gasteiger partial charge < -0.3 is 25.0 Å². The Kier molecular flexibility index (Phi) is 8.26. The van der Waals surface area contributed by atoms with E-state index in [1.54, 1.807) is 29.6 Å². The lowest BCUT2D eigenvalue weighted by atomic mass is 9.96. The first-order valence-corrected chi connectivity index (χ1v) is 13.8. The number of H-pyrrole nitrogens is 1.